The Morgan fingerprint density at radius 1 is 0.328 bits per heavy atom. The molecule has 11 aromatic rings. The predicted octanol–water partition coefficient (Wildman–Crippen LogP) is 12.6. The highest BCUT2D eigenvalue weighted by molar-refractivity contribution is 6.16. The van der Waals surface area contributed by atoms with Crippen molar-refractivity contribution in [2.45, 2.75) is 0 Å². The summed E-state index contributed by atoms with van der Waals surface area (Å²) in [5.74, 6) is 2.60. The molecule has 6 nitrogen and oxygen atoms in total. The van der Waals surface area contributed by atoms with Crippen molar-refractivity contribution in [3.05, 3.63) is 206 Å². The van der Waals surface area contributed by atoms with Gasteiger partial charge in [-0.3, -0.25) is 4.57 Å². The summed E-state index contributed by atoms with van der Waals surface area (Å²) in [6.07, 6.45) is 0. The molecule has 3 aromatic heterocycles. The summed E-state index contributed by atoms with van der Waals surface area (Å²) >= 11 is 0. The van der Waals surface area contributed by atoms with Crippen molar-refractivity contribution in [2.24, 2.45) is 0 Å². The Bertz CT molecular complexity index is 3200. The maximum atomic E-state index is 5.29. The number of fused-ring (bicyclic) bond motifs is 4. The van der Waals surface area contributed by atoms with Gasteiger partial charge in [0.1, 0.15) is 5.82 Å². The van der Waals surface area contributed by atoms with E-state index in [2.05, 4.69) is 143 Å². The fourth-order valence-electron chi connectivity index (χ4n) is 8.17. The number of imidazole rings is 1. The fourth-order valence-corrected chi connectivity index (χ4v) is 8.17. The van der Waals surface area contributed by atoms with Gasteiger partial charge in [-0.15, -0.1) is 0 Å². The van der Waals surface area contributed by atoms with Crippen LogP contribution in [-0.2, 0) is 0 Å². The van der Waals surface area contributed by atoms with E-state index in [0.717, 1.165) is 61.5 Å². The molecule has 0 aliphatic carbocycles. The third-order valence-corrected chi connectivity index (χ3v) is 10.8. The highest BCUT2D eigenvalue weighted by atomic mass is 15.1. The van der Waals surface area contributed by atoms with E-state index in [1.54, 1.807) is 0 Å². The van der Waals surface area contributed by atoms with E-state index in [9.17, 15) is 0 Å². The zero-order valence-corrected chi connectivity index (χ0v) is 31.3. The minimum Gasteiger partial charge on any atom is -0.308 e. The zero-order chi connectivity index (χ0) is 38.4. The molecule has 0 fully saturated rings. The molecular formula is C52H34N6. The largest absolute Gasteiger partial charge is 0.308 e. The number of hydrogen-bond donors (Lipinski definition) is 0. The average molecular weight is 743 g/mol. The molecule has 0 amide bonds. The van der Waals surface area contributed by atoms with Gasteiger partial charge >= 0.3 is 0 Å². The fraction of sp³-hybridized carbons (Fsp3) is 0. The van der Waals surface area contributed by atoms with Crippen LogP contribution < -0.4 is 0 Å². The van der Waals surface area contributed by atoms with Crippen LogP contribution in [0.3, 0.4) is 0 Å². The number of aromatic nitrogens is 6. The lowest BCUT2D eigenvalue weighted by Crippen LogP contribution is -2.05. The molecule has 0 radical (unpaired) electrons. The highest BCUT2D eigenvalue weighted by Crippen LogP contribution is 2.42. The molecule has 0 aliphatic rings. The normalized spacial score (nSPS) is 11.4. The van der Waals surface area contributed by atoms with Crippen LogP contribution in [0.25, 0.3) is 101 Å². The topological polar surface area (TPSA) is 61.4 Å². The summed E-state index contributed by atoms with van der Waals surface area (Å²) in [7, 11) is 0. The lowest BCUT2D eigenvalue weighted by molar-refractivity contribution is 1.06. The first-order valence-electron chi connectivity index (χ1n) is 19.4. The molecule has 0 N–H and O–H groups in total. The van der Waals surface area contributed by atoms with Crippen LogP contribution in [0.15, 0.2) is 206 Å². The second kappa shape index (κ2) is 14.0. The van der Waals surface area contributed by atoms with Crippen molar-refractivity contribution in [1.82, 2.24) is 29.1 Å². The Labute approximate surface area is 335 Å². The molecule has 0 bridgehead atoms. The zero-order valence-electron chi connectivity index (χ0n) is 31.3. The second-order valence-electron chi connectivity index (χ2n) is 14.3. The van der Waals surface area contributed by atoms with Crippen molar-refractivity contribution in [2.75, 3.05) is 0 Å². The van der Waals surface area contributed by atoms with Crippen molar-refractivity contribution in [3.8, 4) is 68.1 Å². The molecule has 0 saturated carbocycles. The van der Waals surface area contributed by atoms with E-state index in [1.807, 2.05) is 72.8 Å². The molecule has 0 saturated heterocycles. The van der Waals surface area contributed by atoms with E-state index in [4.69, 9.17) is 19.9 Å². The molecule has 0 spiro atoms. The van der Waals surface area contributed by atoms with Crippen molar-refractivity contribution in [3.63, 3.8) is 0 Å². The van der Waals surface area contributed by atoms with Gasteiger partial charge < -0.3 is 4.57 Å². The Morgan fingerprint density at radius 3 is 1.57 bits per heavy atom. The molecule has 0 unspecified atom stereocenters. The van der Waals surface area contributed by atoms with Gasteiger partial charge in [0.2, 0.25) is 0 Å². The van der Waals surface area contributed by atoms with Gasteiger partial charge in [-0.25, -0.2) is 19.9 Å². The Hall–Kier alpha value is -7.96. The summed E-state index contributed by atoms with van der Waals surface area (Å²) in [5, 5.41) is 2.36. The summed E-state index contributed by atoms with van der Waals surface area (Å²) in [6.45, 7) is 0. The average Bonchev–Trinajstić information content (AvgIpc) is 3.86. The van der Waals surface area contributed by atoms with Gasteiger partial charge in [0.25, 0.3) is 0 Å². The van der Waals surface area contributed by atoms with Crippen LogP contribution in [-0.4, -0.2) is 29.1 Å². The van der Waals surface area contributed by atoms with Gasteiger partial charge in [-0.2, -0.15) is 0 Å². The van der Waals surface area contributed by atoms with Crippen LogP contribution in [0.1, 0.15) is 0 Å². The number of para-hydroxylation sites is 4. The first-order valence-corrected chi connectivity index (χ1v) is 19.4. The molecule has 272 valence electrons. The van der Waals surface area contributed by atoms with Gasteiger partial charge in [-0.1, -0.05) is 152 Å². The molecule has 0 atom stereocenters. The van der Waals surface area contributed by atoms with E-state index >= 15 is 0 Å². The number of nitrogens with zero attached hydrogens (tertiary/aromatic N) is 6. The lowest BCUT2D eigenvalue weighted by Gasteiger charge is -2.17. The van der Waals surface area contributed by atoms with Crippen LogP contribution in [0.4, 0.5) is 0 Å². The van der Waals surface area contributed by atoms with E-state index in [-0.39, 0.29) is 0 Å². The smallest absolute Gasteiger partial charge is 0.166 e. The molecule has 6 heteroatoms. The Balaban J connectivity index is 1.24. The first kappa shape index (κ1) is 33.4. The number of benzene rings is 8. The van der Waals surface area contributed by atoms with Crippen LogP contribution >= 0.6 is 0 Å². The van der Waals surface area contributed by atoms with E-state index < -0.39 is 0 Å². The van der Waals surface area contributed by atoms with E-state index in [0.29, 0.717) is 17.5 Å². The van der Waals surface area contributed by atoms with Crippen LogP contribution in [0.2, 0.25) is 0 Å². The maximum Gasteiger partial charge on any atom is 0.166 e. The maximum absolute atomic E-state index is 5.29. The molecule has 58 heavy (non-hydrogen) atoms. The highest BCUT2D eigenvalue weighted by Gasteiger charge is 2.23. The second-order valence-corrected chi connectivity index (χ2v) is 14.3. The van der Waals surface area contributed by atoms with Crippen molar-refractivity contribution < 1.29 is 0 Å². The monoisotopic (exact) mass is 742 g/mol. The van der Waals surface area contributed by atoms with Crippen molar-refractivity contribution in [1.29, 1.82) is 0 Å². The first-order chi connectivity index (χ1) is 28.8. The van der Waals surface area contributed by atoms with Gasteiger partial charge in [0.15, 0.2) is 17.5 Å². The van der Waals surface area contributed by atoms with Crippen LogP contribution in [0, 0.1) is 0 Å². The summed E-state index contributed by atoms with van der Waals surface area (Å²) in [6, 6.07) is 71.5. The minimum atomic E-state index is 0.567. The summed E-state index contributed by atoms with van der Waals surface area (Å²) < 4.78 is 4.60. The minimum absolute atomic E-state index is 0.567. The van der Waals surface area contributed by atoms with Crippen molar-refractivity contribution >= 4 is 32.8 Å². The Morgan fingerprint density at radius 2 is 0.879 bits per heavy atom. The van der Waals surface area contributed by atoms with Gasteiger partial charge in [0, 0.05) is 38.7 Å². The van der Waals surface area contributed by atoms with Crippen LogP contribution in [0.5, 0.6) is 0 Å². The molecule has 8 aromatic carbocycles. The quantitative estimate of drug-likeness (QED) is 0.163. The molecule has 0 aliphatic heterocycles. The molecular weight excluding hydrogens is 709 g/mol. The van der Waals surface area contributed by atoms with Gasteiger partial charge in [-0.05, 0) is 65.7 Å². The summed E-state index contributed by atoms with van der Waals surface area (Å²) in [4.78, 5) is 20.9. The lowest BCUT2D eigenvalue weighted by atomic mass is 9.99. The standard InChI is InChI=1S/C52H34N6/c1-5-18-35(19-6-1)40-27-17-31-47-48(40)41-26-13-15-29-44(41)58(47)45-33-32-38(52-53-43-28-14-16-30-46(43)57(52)39-24-11-4-12-25-39)34-42(45)51-55-49(36-20-7-2-8-21-36)54-50(56-51)37-22-9-3-10-23-37/h1-34H. The summed E-state index contributed by atoms with van der Waals surface area (Å²) in [5.41, 5.74) is 12.1. The predicted molar refractivity (Wildman–Crippen MR) is 236 cm³/mol. The Kier molecular flexibility index (Phi) is 8.04. The van der Waals surface area contributed by atoms with Gasteiger partial charge in [0.05, 0.1) is 27.8 Å². The number of rotatable bonds is 7. The SMILES string of the molecule is c1ccc(-c2nc(-c3ccccc3)nc(-c3cc(-c4nc5ccccc5n4-c4ccccc4)ccc3-n3c4ccccc4c4c(-c5ccccc5)cccc43)n2)cc1. The molecule has 11 rings (SSSR count). The third-order valence-electron chi connectivity index (χ3n) is 10.8. The molecule has 3 heterocycles. The number of hydrogen-bond acceptors (Lipinski definition) is 4. The third kappa shape index (κ3) is 5.66. The van der Waals surface area contributed by atoms with E-state index in [1.165, 1.54) is 21.9 Å².